The third-order valence-electron chi connectivity index (χ3n) is 17.1. The molecular formula is C75H71BN4. The van der Waals surface area contributed by atoms with Crippen LogP contribution in [0.4, 0.5) is 51.2 Å². The van der Waals surface area contributed by atoms with Crippen LogP contribution in [0.25, 0.3) is 38.6 Å². The van der Waals surface area contributed by atoms with Gasteiger partial charge in [0, 0.05) is 62.0 Å². The van der Waals surface area contributed by atoms with Gasteiger partial charge in [0.1, 0.15) is 0 Å². The molecule has 10 aromatic carbocycles. The number of hydrogen-bond donors (Lipinski definition) is 0. The van der Waals surface area contributed by atoms with Crippen LogP contribution in [0.1, 0.15) is 95.7 Å². The molecule has 0 amide bonds. The summed E-state index contributed by atoms with van der Waals surface area (Å²) in [4.78, 5) is 7.69. The van der Waals surface area contributed by atoms with E-state index in [2.05, 4.69) is 315 Å². The van der Waals surface area contributed by atoms with Crippen molar-refractivity contribution in [3.63, 3.8) is 0 Å². The number of rotatable bonds is 7. The Balaban J connectivity index is 1.09. The minimum atomic E-state index is -0.0566. The van der Waals surface area contributed by atoms with Crippen molar-refractivity contribution in [1.82, 2.24) is 4.57 Å². The van der Waals surface area contributed by atoms with Gasteiger partial charge < -0.3 is 19.3 Å². The maximum Gasteiger partial charge on any atom is 0.252 e. The van der Waals surface area contributed by atoms with Crippen LogP contribution in [0, 0.1) is 20.8 Å². The second-order valence-electron chi connectivity index (χ2n) is 25.7. The summed E-state index contributed by atoms with van der Waals surface area (Å²) in [6, 6.07) is 80.6. The predicted molar refractivity (Wildman–Crippen MR) is 345 cm³/mol. The Labute approximate surface area is 474 Å². The summed E-state index contributed by atoms with van der Waals surface area (Å²) < 4.78 is 2.43. The summed E-state index contributed by atoms with van der Waals surface area (Å²) in [7, 11) is 0. The highest BCUT2D eigenvalue weighted by atomic mass is 15.2. The van der Waals surface area contributed by atoms with Crippen LogP contribution in [0.5, 0.6) is 0 Å². The minimum absolute atomic E-state index is 0.00322. The van der Waals surface area contributed by atoms with E-state index < -0.39 is 0 Å². The largest absolute Gasteiger partial charge is 0.311 e. The van der Waals surface area contributed by atoms with Gasteiger partial charge >= 0.3 is 0 Å². The third kappa shape index (κ3) is 8.52. The zero-order valence-corrected chi connectivity index (χ0v) is 48.6. The minimum Gasteiger partial charge on any atom is -0.311 e. The lowest BCUT2D eigenvalue weighted by atomic mass is 9.33. The highest BCUT2D eigenvalue weighted by molar-refractivity contribution is 7.00. The van der Waals surface area contributed by atoms with Crippen molar-refractivity contribution in [3.8, 4) is 16.8 Å². The number of para-hydroxylation sites is 2. The van der Waals surface area contributed by atoms with Crippen LogP contribution in [0.3, 0.4) is 0 Å². The van der Waals surface area contributed by atoms with Crippen LogP contribution < -0.4 is 31.1 Å². The van der Waals surface area contributed by atoms with Crippen LogP contribution in [0.2, 0.25) is 0 Å². The molecule has 1 aromatic heterocycles. The van der Waals surface area contributed by atoms with Gasteiger partial charge in [0.2, 0.25) is 0 Å². The lowest BCUT2D eigenvalue weighted by Crippen LogP contribution is -2.61. The molecule has 0 spiro atoms. The predicted octanol–water partition coefficient (Wildman–Crippen LogP) is 18.8. The van der Waals surface area contributed by atoms with E-state index in [4.69, 9.17) is 0 Å². The van der Waals surface area contributed by atoms with E-state index in [1.807, 2.05) is 0 Å². The van der Waals surface area contributed by atoms with Gasteiger partial charge in [-0.2, -0.15) is 0 Å². The fourth-order valence-corrected chi connectivity index (χ4v) is 13.0. The number of fused-ring (bicyclic) bond motifs is 7. The van der Waals surface area contributed by atoms with E-state index in [0.29, 0.717) is 0 Å². The smallest absolute Gasteiger partial charge is 0.252 e. The molecule has 2 aliphatic heterocycles. The molecule has 11 aromatic rings. The SMILES string of the molecule is Cc1cc2c3c(c1)N(c1c(C)cc(-c4ccccc4)cc1C)c1cc(N(c4ccc(C(C)(C)C)cc4)c4ccc5c6ccccc6n(-c6ccccc6)c5c4)ccc1B3c1ccc(C(C)(C)C)cc1N2c1ccc(C(C)(C)C)cc1. The molecule has 5 heteroatoms. The topological polar surface area (TPSA) is 14.7 Å². The standard InChI is InChI=1S/C75H71BN4/c1-48-41-69-71-70(42-48)80(72-49(2)43-52(44-50(72)3)51-21-15-13-16-22-51)68-47-60(37-40-64(68)76(71)63-39-31-55(75(10,11)12)45-67(63)79(69)58-34-29-54(30-35-58)74(7,8)9)77(57-32-27-53(28-33-57)73(4,5)6)59-36-38-62-61-25-19-20-26-65(61)78(66(62)46-59)56-23-17-14-18-24-56/h13-47H,1-12H3. The Hall–Kier alpha value is -8.54. The van der Waals surface area contributed by atoms with Crippen molar-refractivity contribution in [3.05, 3.63) is 246 Å². The zero-order valence-electron chi connectivity index (χ0n) is 48.6. The summed E-state index contributed by atoms with van der Waals surface area (Å²) in [5.41, 5.74) is 28.0. The van der Waals surface area contributed by atoms with Crippen molar-refractivity contribution in [2.24, 2.45) is 0 Å². The van der Waals surface area contributed by atoms with Gasteiger partial charge in [-0.1, -0.05) is 178 Å². The van der Waals surface area contributed by atoms with E-state index in [1.54, 1.807) is 0 Å². The third-order valence-corrected chi connectivity index (χ3v) is 17.1. The molecule has 0 fully saturated rings. The Morgan fingerprint density at radius 2 is 0.863 bits per heavy atom. The van der Waals surface area contributed by atoms with E-state index in [1.165, 1.54) is 117 Å². The molecule has 0 aliphatic carbocycles. The zero-order chi connectivity index (χ0) is 55.6. The molecular weight excluding hydrogens is 968 g/mol. The van der Waals surface area contributed by atoms with E-state index >= 15 is 0 Å². The highest BCUT2D eigenvalue weighted by Crippen LogP contribution is 2.50. The monoisotopic (exact) mass is 1040 g/mol. The van der Waals surface area contributed by atoms with Crippen LogP contribution in [-0.4, -0.2) is 11.3 Å². The second kappa shape index (κ2) is 18.8. The number of nitrogens with zero attached hydrogens (tertiary/aromatic N) is 4. The van der Waals surface area contributed by atoms with Crippen LogP contribution in [-0.2, 0) is 16.2 Å². The van der Waals surface area contributed by atoms with Gasteiger partial charge in [0.05, 0.1) is 16.7 Å². The van der Waals surface area contributed by atoms with Gasteiger partial charge in [-0.05, 0) is 195 Å². The van der Waals surface area contributed by atoms with E-state index in [-0.39, 0.29) is 23.0 Å². The summed E-state index contributed by atoms with van der Waals surface area (Å²) in [6.07, 6.45) is 0. The van der Waals surface area contributed by atoms with Gasteiger partial charge in [-0.15, -0.1) is 0 Å². The van der Waals surface area contributed by atoms with Crippen molar-refractivity contribution in [2.75, 3.05) is 14.7 Å². The van der Waals surface area contributed by atoms with E-state index in [0.717, 1.165) is 22.7 Å². The molecule has 3 heterocycles. The van der Waals surface area contributed by atoms with Gasteiger partial charge in [-0.25, -0.2) is 0 Å². The molecule has 0 atom stereocenters. The normalized spacial score (nSPS) is 13.2. The van der Waals surface area contributed by atoms with Gasteiger partial charge in [0.25, 0.3) is 6.71 Å². The average molecular weight is 1040 g/mol. The second-order valence-corrected chi connectivity index (χ2v) is 25.7. The maximum absolute atomic E-state index is 2.63. The molecule has 0 radical (unpaired) electrons. The lowest BCUT2D eigenvalue weighted by Gasteiger charge is -2.45. The Morgan fingerprint density at radius 3 is 1.50 bits per heavy atom. The first-order valence-electron chi connectivity index (χ1n) is 28.6. The van der Waals surface area contributed by atoms with Crippen molar-refractivity contribution < 1.29 is 0 Å². The van der Waals surface area contributed by atoms with Gasteiger partial charge in [0.15, 0.2) is 0 Å². The summed E-state index contributed by atoms with van der Waals surface area (Å²) in [5.74, 6) is 0. The molecule has 0 saturated heterocycles. The number of aryl methyl sites for hydroxylation is 3. The number of hydrogen-bond acceptors (Lipinski definition) is 3. The number of aromatic nitrogens is 1. The summed E-state index contributed by atoms with van der Waals surface area (Å²) in [5, 5.41) is 2.47. The molecule has 0 N–H and O–H groups in total. The molecule has 2 aliphatic rings. The number of anilines is 9. The molecule has 4 nitrogen and oxygen atoms in total. The van der Waals surface area contributed by atoms with Crippen LogP contribution in [0.15, 0.2) is 212 Å². The lowest BCUT2D eigenvalue weighted by molar-refractivity contribution is 0.590. The molecule has 0 unspecified atom stereocenters. The van der Waals surface area contributed by atoms with Crippen molar-refractivity contribution in [1.29, 1.82) is 0 Å². The Bertz CT molecular complexity index is 4180. The Kier molecular flexibility index (Phi) is 12.0. The number of benzene rings is 10. The average Bonchev–Trinajstić information content (AvgIpc) is 3.84. The highest BCUT2D eigenvalue weighted by Gasteiger charge is 2.45. The first kappa shape index (κ1) is 50.9. The first-order chi connectivity index (χ1) is 38.3. The van der Waals surface area contributed by atoms with Gasteiger partial charge in [-0.3, -0.25) is 0 Å². The fourth-order valence-electron chi connectivity index (χ4n) is 13.0. The van der Waals surface area contributed by atoms with Crippen LogP contribution >= 0.6 is 0 Å². The Morgan fingerprint density at radius 1 is 0.362 bits per heavy atom. The first-order valence-corrected chi connectivity index (χ1v) is 28.6. The summed E-state index contributed by atoms with van der Waals surface area (Å²) in [6.45, 7) is 27.6. The quantitative estimate of drug-likeness (QED) is 0.148. The summed E-state index contributed by atoms with van der Waals surface area (Å²) >= 11 is 0. The maximum atomic E-state index is 2.63. The fraction of sp³-hybridized carbons (Fsp3) is 0.200. The van der Waals surface area contributed by atoms with Crippen molar-refractivity contribution >= 4 is 96.1 Å². The molecule has 80 heavy (non-hydrogen) atoms. The molecule has 0 bridgehead atoms. The molecule has 0 saturated carbocycles. The van der Waals surface area contributed by atoms with Crippen molar-refractivity contribution in [2.45, 2.75) is 99.3 Å². The molecule has 394 valence electrons. The molecule has 13 rings (SSSR count). The van der Waals surface area contributed by atoms with E-state index in [9.17, 15) is 0 Å².